The zero-order valence-electron chi connectivity index (χ0n) is 14.0. The normalized spacial score (nSPS) is 18.9. The third-order valence-electron chi connectivity index (χ3n) is 3.86. The Morgan fingerprint density at radius 2 is 2.13 bits per heavy atom. The van der Waals surface area contributed by atoms with Crippen molar-refractivity contribution in [2.75, 3.05) is 18.5 Å². The molecular formula is C17H24N4O2. The van der Waals surface area contributed by atoms with Crippen LogP contribution in [0.5, 0.6) is 0 Å². The lowest BCUT2D eigenvalue weighted by Crippen LogP contribution is -2.48. The van der Waals surface area contributed by atoms with Crippen LogP contribution in [0.3, 0.4) is 0 Å². The van der Waals surface area contributed by atoms with Crippen molar-refractivity contribution in [3.8, 4) is 0 Å². The summed E-state index contributed by atoms with van der Waals surface area (Å²) in [4.78, 5) is 15.8. The van der Waals surface area contributed by atoms with Crippen molar-refractivity contribution < 1.29 is 9.53 Å². The smallest absolute Gasteiger partial charge is 0.410 e. The number of aromatic nitrogens is 2. The number of rotatable bonds is 2. The molecule has 1 aromatic carbocycles. The van der Waals surface area contributed by atoms with E-state index in [4.69, 9.17) is 4.74 Å². The molecular weight excluding hydrogens is 292 g/mol. The molecule has 0 bridgehead atoms. The van der Waals surface area contributed by atoms with Crippen molar-refractivity contribution in [3.05, 3.63) is 30.5 Å². The summed E-state index contributed by atoms with van der Waals surface area (Å²) < 4.78 is 5.47. The summed E-state index contributed by atoms with van der Waals surface area (Å²) in [6.07, 6.45) is 3.56. The van der Waals surface area contributed by atoms with E-state index in [1.807, 2.05) is 51.2 Å². The first-order chi connectivity index (χ1) is 10.9. The van der Waals surface area contributed by atoms with Gasteiger partial charge in [-0.15, -0.1) is 0 Å². The van der Waals surface area contributed by atoms with Crippen molar-refractivity contribution in [2.24, 2.45) is 0 Å². The van der Waals surface area contributed by atoms with Crippen LogP contribution < -0.4 is 5.43 Å². The summed E-state index contributed by atoms with van der Waals surface area (Å²) in [5, 5.41) is 5.49. The van der Waals surface area contributed by atoms with E-state index in [1.165, 1.54) is 0 Å². The topological polar surface area (TPSA) is 59.4 Å². The summed E-state index contributed by atoms with van der Waals surface area (Å²) in [6, 6.07) is 8.23. The highest BCUT2D eigenvalue weighted by atomic mass is 16.6. The molecule has 1 aromatic heterocycles. The van der Waals surface area contributed by atoms with Crippen LogP contribution in [0.4, 0.5) is 4.79 Å². The Balaban J connectivity index is 1.66. The molecule has 1 aliphatic heterocycles. The molecule has 0 spiro atoms. The molecule has 6 nitrogen and oxygen atoms in total. The highest BCUT2D eigenvalue weighted by Crippen LogP contribution is 2.17. The number of carbonyl (C=O) groups excluding carboxylic acids is 1. The average molecular weight is 316 g/mol. The van der Waals surface area contributed by atoms with Gasteiger partial charge < -0.3 is 15.1 Å². The predicted octanol–water partition coefficient (Wildman–Crippen LogP) is 2.98. The highest BCUT2D eigenvalue weighted by molar-refractivity contribution is 5.78. The number of fused-ring (bicyclic) bond motifs is 1. The molecule has 3 rings (SSSR count). The number of nitrogens with zero attached hydrogens (tertiary/aromatic N) is 3. The van der Waals surface area contributed by atoms with Crippen LogP contribution in [-0.4, -0.2) is 45.6 Å². The Kier molecular flexibility index (Phi) is 4.15. The van der Waals surface area contributed by atoms with E-state index in [2.05, 4.69) is 10.5 Å². The number of likely N-dealkylation sites (tertiary alicyclic amines) is 1. The fourth-order valence-corrected chi connectivity index (χ4v) is 2.82. The van der Waals surface area contributed by atoms with E-state index in [0.29, 0.717) is 6.54 Å². The van der Waals surface area contributed by atoms with Gasteiger partial charge in [-0.05, 0) is 39.7 Å². The monoisotopic (exact) mass is 316 g/mol. The van der Waals surface area contributed by atoms with Crippen LogP contribution in [0.25, 0.3) is 10.9 Å². The number of para-hydroxylation sites is 1. The van der Waals surface area contributed by atoms with Crippen LogP contribution in [-0.2, 0) is 4.74 Å². The number of amides is 1. The second-order valence-corrected chi connectivity index (χ2v) is 7.01. The molecule has 23 heavy (non-hydrogen) atoms. The number of nitrogens with one attached hydrogen (secondary N) is 1. The van der Waals surface area contributed by atoms with Crippen molar-refractivity contribution >= 4 is 17.0 Å². The van der Waals surface area contributed by atoms with E-state index in [-0.39, 0.29) is 12.1 Å². The van der Waals surface area contributed by atoms with Crippen LogP contribution in [0.2, 0.25) is 0 Å². The molecule has 124 valence electrons. The summed E-state index contributed by atoms with van der Waals surface area (Å²) in [5.41, 5.74) is 3.99. The average Bonchev–Trinajstić information content (AvgIpc) is 2.89. The van der Waals surface area contributed by atoms with E-state index >= 15 is 0 Å². The summed E-state index contributed by atoms with van der Waals surface area (Å²) >= 11 is 0. The minimum atomic E-state index is -0.463. The van der Waals surface area contributed by atoms with E-state index in [0.717, 1.165) is 30.3 Å². The fourth-order valence-electron chi connectivity index (χ4n) is 2.82. The third-order valence-corrected chi connectivity index (χ3v) is 3.86. The first kappa shape index (κ1) is 15.6. The molecule has 6 heteroatoms. The van der Waals surface area contributed by atoms with Gasteiger partial charge in [-0.2, -0.15) is 9.89 Å². The molecule has 1 N–H and O–H groups in total. The van der Waals surface area contributed by atoms with Crippen molar-refractivity contribution in [1.29, 1.82) is 0 Å². The zero-order chi connectivity index (χ0) is 16.4. The first-order valence-electron chi connectivity index (χ1n) is 8.10. The lowest BCUT2D eigenvalue weighted by Gasteiger charge is -2.34. The van der Waals surface area contributed by atoms with E-state index in [1.54, 1.807) is 9.69 Å². The molecule has 2 heterocycles. The fraction of sp³-hybridized carbons (Fsp3) is 0.529. The quantitative estimate of drug-likeness (QED) is 0.925. The van der Waals surface area contributed by atoms with E-state index < -0.39 is 5.60 Å². The Morgan fingerprint density at radius 3 is 2.91 bits per heavy atom. The third kappa shape index (κ3) is 3.75. The summed E-state index contributed by atoms with van der Waals surface area (Å²) in [6.45, 7) is 7.04. The molecule has 0 aliphatic carbocycles. The number of carbonyl (C=O) groups is 1. The minimum absolute atomic E-state index is 0.166. The molecule has 2 aromatic rings. The Bertz CT molecular complexity index is 689. The van der Waals surface area contributed by atoms with Gasteiger partial charge >= 0.3 is 6.09 Å². The van der Waals surface area contributed by atoms with Gasteiger partial charge in [0.25, 0.3) is 0 Å². The molecule has 1 saturated heterocycles. The van der Waals surface area contributed by atoms with Gasteiger partial charge in [-0.25, -0.2) is 4.79 Å². The van der Waals surface area contributed by atoms with Gasteiger partial charge in [0.15, 0.2) is 0 Å². The van der Waals surface area contributed by atoms with Gasteiger partial charge in [-0.3, -0.25) is 0 Å². The van der Waals surface area contributed by atoms with Gasteiger partial charge in [0.1, 0.15) is 5.60 Å². The standard InChI is InChI=1S/C17H24N4O2/c1-17(2,3)23-16(22)20-10-6-8-14(12-20)19-21-15-9-5-4-7-13(15)11-18-21/h4-5,7,9,11,14,19H,6,8,10,12H2,1-3H3. The van der Waals surface area contributed by atoms with E-state index in [9.17, 15) is 4.79 Å². The maximum atomic E-state index is 12.2. The first-order valence-corrected chi connectivity index (χ1v) is 8.10. The van der Waals surface area contributed by atoms with Crippen molar-refractivity contribution in [2.45, 2.75) is 45.3 Å². The molecule has 1 amide bonds. The van der Waals surface area contributed by atoms with Gasteiger partial charge in [0.05, 0.1) is 17.8 Å². The number of hydrogen-bond acceptors (Lipinski definition) is 4. The second kappa shape index (κ2) is 6.10. The maximum absolute atomic E-state index is 12.2. The molecule has 0 radical (unpaired) electrons. The molecule has 0 saturated carbocycles. The van der Waals surface area contributed by atoms with Crippen LogP contribution >= 0.6 is 0 Å². The lowest BCUT2D eigenvalue weighted by atomic mass is 10.1. The Labute approximate surface area is 136 Å². The zero-order valence-corrected chi connectivity index (χ0v) is 14.0. The highest BCUT2D eigenvalue weighted by Gasteiger charge is 2.27. The summed E-state index contributed by atoms with van der Waals surface area (Å²) in [5.74, 6) is 0. The number of hydrogen-bond donors (Lipinski definition) is 1. The van der Waals surface area contributed by atoms with Gasteiger partial charge in [0, 0.05) is 18.5 Å². The van der Waals surface area contributed by atoms with Crippen LogP contribution in [0, 0.1) is 0 Å². The SMILES string of the molecule is CC(C)(C)OC(=O)N1CCCC(Nn2ncc3ccccc32)C1. The summed E-state index contributed by atoms with van der Waals surface area (Å²) in [7, 11) is 0. The van der Waals surface area contributed by atoms with Gasteiger partial charge in [-0.1, -0.05) is 18.2 Å². The minimum Gasteiger partial charge on any atom is -0.444 e. The predicted molar refractivity (Wildman–Crippen MR) is 89.9 cm³/mol. The maximum Gasteiger partial charge on any atom is 0.410 e. The van der Waals surface area contributed by atoms with Crippen LogP contribution in [0.15, 0.2) is 30.5 Å². The van der Waals surface area contributed by atoms with Crippen LogP contribution in [0.1, 0.15) is 33.6 Å². The molecule has 1 unspecified atom stereocenters. The van der Waals surface area contributed by atoms with Crippen molar-refractivity contribution in [3.63, 3.8) is 0 Å². The van der Waals surface area contributed by atoms with Crippen molar-refractivity contribution in [1.82, 2.24) is 14.8 Å². The number of piperidine rings is 1. The second-order valence-electron chi connectivity index (χ2n) is 7.01. The van der Waals surface area contributed by atoms with Gasteiger partial charge in [0.2, 0.25) is 0 Å². The molecule has 1 atom stereocenters. The number of ether oxygens (including phenoxy) is 1. The molecule has 1 fully saturated rings. The Hall–Kier alpha value is -2.24. The number of benzene rings is 1. The lowest BCUT2D eigenvalue weighted by molar-refractivity contribution is 0.0202. The Morgan fingerprint density at radius 1 is 1.35 bits per heavy atom. The largest absolute Gasteiger partial charge is 0.444 e. The molecule has 1 aliphatic rings.